The molecule has 0 fully saturated rings. The highest BCUT2D eigenvalue weighted by Crippen LogP contribution is 2.27. The predicted molar refractivity (Wildman–Crippen MR) is 94.1 cm³/mol. The second-order valence-electron chi connectivity index (χ2n) is 5.07. The lowest BCUT2D eigenvalue weighted by Crippen LogP contribution is -2.31. The van der Waals surface area contributed by atoms with Gasteiger partial charge >= 0.3 is 5.97 Å². The maximum Gasteiger partial charge on any atom is 0.344 e. The zero-order valence-electron chi connectivity index (χ0n) is 13.8. The van der Waals surface area contributed by atoms with Gasteiger partial charge in [0.05, 0.1) is 12.8 Å². The molecule has 2 rings (SSSR count). The van der Waals surface area contributed by atoms with Crippen molar-refractivity contribution in [3.8, 4) is 11.5 Å². The second kappa shape index (κ2) is 8.94. The number of rotatable bonds is 7. The Labute approximate surface area is 150 Å². The summed E-state index contributed by atoms with van der Waals surface area (Å²) in [5, 5.41) is 3.06. The van der Waals surface area contributed by atoms with Gasteiger partial charge in [0.1, 0.15) is 11.5 Å². The van der Waals surface area contributed by atoms with Gasteiger partial charge in [-0.25, -0.2) is 4.79 Å². The van der Waals surface area contributed by atoms with Crippen molar-refractivity contribution in [2.75, 3.05) is 19.0 Å². The van der Waals surface area contributed by atoms with Crippen LogP contribution >= 0.6 is 11.6 Å². The zero-order chi connectivity index (χ0) is 18.2. The highest BCUT2D eigenvalue weighted by Gasteiger charge is 2.19. The Morgan fingerprint density at radius 3 is 2.56 bits per heavy atom. The van der Waals surface area contributed by atoms with Crippen LogP contribution in [0.5, 0.6) is 11.5 Å². The van der Waals surface area contributed by atoms with E-state index in [0.717, 1.165) is 0 Å². The summed E-state index contributed by atoms with van der Waals surface area (Å²) < 4.78 is 15.5. The number of ether oxygens (including phenoxy) is 3. The first kappa shape index (κ1) is 18.6. The van der Waals surface area contributed by atoms with Crippen molar-refractivity contribution in [2.45, 2.75) is 13.0 Å². The molecule has 0 aromatic heterocycles. The molecule has 6 nitrogen and oxygen atoms in total. The fourth-order valence-electron chi connectivity index (χ4n) is 1.96. The smallest absolute Gasteiger partial charge is 0.344 e. The van der Waals surface area contributed by atoms with E-state index in [0.29, 0.717) is 22.2 Å². The Balaban J connectivity index is 1.87. The number of amides is 1. The van der Waals surface area contributed by atoms with E-state index in [1.165, 1.54) is 14.0 Å². The fourth-order valence-corrected chi connectivity index (χ4v) is 2.13. The average Bonchev–Trinajstić information content (AvgIpc) is 2.61. The van der Waals surface area contributed by atoms with E-state index >= 15 is 0 Å². The quantitative estimate of drug-likeness (QED) is 0.764. The third-order valence-electron chi connectivity index (χ3n) is 3.20. The molecule has 0 bridgehead atoms. The molecule has 1 amide bonds. The molecular weight excluding hydrogens is 346 g/mol. The van der Waals surface area contributed by atoms with E-state index in [1.54, 1.807) is 42.5 Å². The van der Waals surface area contributed by atoms with Gasteiger partial charge in [-0.05, 0) is 37.3 Å². The molecular formula is C18H18ClNO5. The molecule has 0 spiro atoms. The van der Waals surface area contributed by atoms with Gasteiger partial charge in [-0.1, -0.05) is 29.8 Å². The molecule has 1 N–H and O–H groups in total. The number of hydrogen-bond acceptors (Lipinski definition) is 5. The lowest BCUT2D eigenvalue weighted by atomic mass is 10.2. The largest absolute Gasteiger partial charge is 0.495 e. The van der Waals surface area contributed by atoms with Gasteiger partial charge in [0.2, 0.25) is 0 Å². The van der Waals surface area contributed by atoms with E-state index in [-0.39, 0.29) is 6.61 Å². The maximum atomic E-state index is 12.2. The van der Waals surface area contributed by atoms with E-state index in [9.17, 15) is 9.59 Å². The van der Waals surface area contributed by atoms with E-state index < -0.39 is 18.0 Å². The predicted octanol–water partition coefficient (Wildman–Crippen LogP) is 3.30. The van der Waals surface area contributed by atoms with Crippen LogP contribution in [0.3, 0.4) is 0 Å². The monoisotopic (exact) mass is 363 g/mol. The molecule has 0 heterocycles. The van der Waals surface area contributed by atoms with Crippen LogP contribution in [-0.2, 0) is 14.3 Å². The van der Waals surface area contributed by atoms with Crippen LogP contribution in [0.1, 0.15) is 6.92 Å². The minimum Gasteiger partial charge on any atom is -0.495 e. The SMILES string of the molecule is COc1ccc(Cl)cc1NC(=O)[C@H](C)OC(=O)COc1ccccc1. The number of halogens is 1. The van der Waals surface area contributed by atoms with Crippen LogP contribution < -0.4 is 14.8 Å². The Morgan fingerprint density at radius 1 is 1.16 bits per heavy atom. The third-order valence-corrected chi connectivity index (χ3v) is 3.43. The summed E-state index contributed by atoms with van der Waals surface area (Å²) in [6, 6.07) is 13.7. The molecule has 0 aliphatic carbocycles. The number of methoxy groups -OCH3 is 1. The lowest BCUT2D eigenvalue weighted by molar-refractivity contribution is -0.155. The highest BCUT2D eigenvalue weighted by atomic mass is 35.5. The standard InChI is InChI=1S/C18H18ClNO5/c1-12(25-17(21)11-24-14-6-4-3-5-7-14)18(22)20-15-10-13(19)8-9-16(15)23-2/h3-10,12H,11H2,1-2H3,(H,20,22)/t12-/m0/s1. The Hall–Kier alpha value is -2.73. The molecule has 1 atom stereocenters. The first-order valence-corrected chi connectivity index (χ1v) is 7.89. The molecule has 132 valence electrons. The summed E-state index contributed by atoms with van der Waals surface area (Å²) in [6.07, 6.45) is -1.00. The molecule has 25 heavy (non-hydrogen) atoms. The number of carbonyl (C=O) groups excluding carboxylic acids is 2. The van der Waals surface area contributed by atoms with Crippen molar-refractivity contribution in [3.05, 3.63) is 53.6 Å². The van der Waals surface area contributed by atoms with Crippen molar-refractivity contribution in [2.24, 2.45) is 0 Å². The number of esters is 1. The van der Waals surface area contributed by atoms with Gasteiger partial charge in [-0.2, -0.15) is 0 Å². The van der Waals surface area contributed by atoms with Crippen LogP contribution in [0.4, 0.5) is 5.69 Å². The molecule has 0 aliphatic heterocycles. The van der Waals surface area contributed by atoms with Crippen LogP contribution in [0.25, 0.3) is 0 Å². The number of anilines is 1. The van der Waals surface area contributed by atoms with Gasteiger partial charge in [0, 0.05) is 5.02 Å². The molecule has 0 unspecified atom stereocenters. The zero-order valence-corrected chi connectivity index (χ0v) is 14.6. The van der Waals surface area contributed by atoms with Crippen LogP contribution in [0, 0.1) is 0 Å². The fraction of sp³-hybridized carbons (Fsp3) is 0.222. The molecule has 0 saturated heterocycles. The maximum absolute atomic E-state index is 12.2. The minimum absolute atomic E-state index is 0.290. The number of carbonyl (C=O) groups is 2. The number of hydrogen-bond donors (Lipinski definition) is 1. The van der Waals surface area contributed by atoms with Gasteiger partial charge in [0.25, 0.3) is 5.91 Å². The van der Waals surface area contributed by atoms with Gasteiger partial charge in [-0.15, -0.1) is 0 Å². The van der Waals surface area contributed by atoms with Crippen molar-refractivity contribution in [3.63, 3.8) is 0 Å². The summed E-state index contributed by atoms with van der Waals surface area (Å²) in [5.41, 5.74) is 0.392. The molecule has 7 heteroatoms. The van der Waals surface area contributed by atoms with Crippen molar-refractivity contribution >= 4 is 29.2 Å². The summed E-state index contributed by atoms with van der Waals surface area (Å²) in [7, 11) is 1.48. The summed E-state index contributed by atoms with van der Waals surface area (Å²) in [6.45, 7) is 1.18. The minimum atomic E-state index is -1.00. The topological polar surface area (TPSA) is 73.9 Å². The average molecular weight is 364 g/mol. The highest BCUT2D eigenvalue weighted by molar-refractivity contribution is 6.31. The van der Waals surface area contributed by atoms with E-state index in [1.807, 2.05) is 6.07 Å². The number of para-hydroxylation sites is 1. The van der Waals surface area contributed by atoms with E-state index in [2.05, 4.69) is 5.32 Å². The third kappa shape index (κ3) is 5.69. The van der Waals surface area contributed by atoms with Crippen molar-refractivity contribution in [1.82, 2.24) is 0 Å². The second-order valence-corrected chi connectivity index (χ2v) is 5.50. The first-order valence-electron chi connectivity index (χ1n) is 7.51. The first-order chi connectivity index (χ1) is 12.0. The number of benzene rings is 2. The molecule has 2 aromatic rings. The number of nitrogens with one attached hydrogen (secondary N) is 1. The Kier molecular flexibility index (Phi) is 6.65. The molecule has 0 radical (unpaired) electrons. The van der Waals surface area contributed by atoms with Crippen LogP contribution in [0.15, 0.2) is 48.5 Å². The van der Waals surface area contributed by atoms with Crippen molar-refractivity contribution in [1.29, 1.82) is 0 Å². The summed E-state index contributed by atoms with van der Waals surface area (Å²) in [5.74, 6) is -0.165. The van der Waals surface area contributed by atoms with Gasteiger partial charge < -0.3 is 19.5 Å². The molecule has 2 aromatic carbocycles. The van der Waals surface area contributed by atoms with Crippen LogP contribution in [-0.4, -0.2) is 31.7 Å². The molecule has 0 aliphatic rings. The summed E-state index contributed by atoms with van der Waals surface area (Å²) >= 11 is 5.91. The normalized spacial score (nSPS) is 11.3. The Morgan fingerprint density at radius 2 is 1.88 bits per heavy atom. The Bertz CT molecular complexity index is 736. The molecule has 0 saturated carbocycles. The summed E-state index contributed by atoms with van der Waals surface area (Å²) in [4.78, 5) is 24.0. The van der Waals surface area contributed by atoms with Crippen molar-refractivity contribution < 1.29 is 23.8 Å². The van der Waals surface area contributed by atoms with Gasteiger partial charge in [0.15, 0.2) is 12.7 Å². The van der Waals surface area contributed by atoms with Crippen LogP contribution in [0.2, 0.25) is 5.02 Å². The van der Waals surface area contributed by atoms with Gasteiger partial charge in [-0.3, -0.25) is 4.79 Å². The van der Waals surface area contributed by atoms with E-state index in [4.69, 9.17) is 25.8 Å². The lowest BCUT2D eigenvalue weighted by Gasteiger charge is -2.15.